The zero-order valence-corrected chi connectivity index (χ0v) is 10.9. The van der Waals surface area contributed by atoms with Gasteiger partial charge < -0.3 is 14.6 Å². The maximum Gasteiger partial charge on any atom is 0.338 e. The Bertz CT molecular complexity index is 512. The molecule has 0 radical (unpaired) electrons. The van der Waals surface area contributed by atoms with Gasteiger partial charge in [-0.2, -0.15) is 0 Å². The fourth-order valence-corrected chi connectivity index (χ4v) is 3.13. The zero-order valence-electron chi connectivity index (χ0n) is 10.9. The van der Waals surface area contributed by atoms with Crippen molar-refractivity contribution in [2.24, 2.45) is 11.8 Å². The van der Waals surface area contributed by atoms with E-state index in [-0.39, 0.29) is 30.5 Å². The van der Waals surface area contributed by atoms with E-state index in [2.05, 4.69) is 0 Å². The molecule has 1 saturated carbocycles. The monoisotopic (exact) mass is 276 g/mol. The van der Waals surface area contributed by atoms with Crippen LogP contribution in [0, 0.1) is 11.8 Å². The normalized spacial score (nSPS) is 31.8. The van der Waals surface area contributed by atoms with E-state index >= 15 is 0 Å². The highest BCUT2D eigenvalue weighted by Crippen LogP contribution is 2.42. The summed E-state index contributed by atoms with van der Waals surface area (Å²) in [7, 11) is 0. The third kappa shape index (κ3) is 2.29. The van der Waals surface area contributed by atoms with E-state index < -0.39 is 12.1 Å². The SMILES string of the molecule is O=C1C[C@H]2[C@@H](CO)[C@@H](OC(=O)c3ccccc3)C[C@H]2O1. The van der Waals surface area contributed by atoms with Crippen molar-refractivity contribution in [2.45, 2.75) is 25.0 Å². The van der Waals surface area contributed by atoms with Crippen LogP contribution in [-0.2, 0) is 14.3 Å². The van der Waals surface area contributed by atoms with Gasteiger partial charge in [0.15, 0.2) is 0 Å². The van der Waals surface area contributed by atoms with Crippen molar-refractivity contribution >= 4 is 11.9 Å². The van der Waals surface area contributed by atoms with E-state index in [4.69, 9.17) is 9.47 Å². The highest BCUT2D eigenvalue weighted by molar-refractivity contribution is 5.89. The molecule has 4 atom stereocenters. The Morgan fingerprint density at radius 2 is 2.10 bits per heavy atom. The number of esters is 2. The Morgan fingerprint density at radius 1 is 1.35 bits per heavy atom. The molecule has 1 heterocycles. The standard InChI is InChI=1S/C15H16O5/c16-8-11-10-6-14(17)19-12(10)7-13(11)20-15(18)9-4-2-1-3-5-9/h1-5,10-13,16H,6-8H2/t10-,11+,12+,13-/m0/s1. The summed E-state index contributed by atoms with van der Waals surface area (Å²) in [5.41, 5.74) is 0.484. The largest absolute Gasteiger partial charge is 0.462 e. The number of carbonyl (C=O) groups is 2. The number of benzene rings is 1. The van der Waals surface area contributed by atoms with Crippen LogP contribution in [0.1, 0.15) is 23.2 Å². The van der Waals surface area contributed by atoms with Gasteiger partial charge in [-0.05, 0) is 12.1 Å². The average Bonchev–Trinajstić information content (AvgIpc) is 2.95. The van der Waals surface area contributed by atoms with Crippen molar-refractivity contribution in [1.82, 2.24) is 0 Å². The molecule has 5 nitrogen and oxygen atoms in total. The molecule has 106 valence electrons. The van der Waals surface area contributed by atoms with Crippen LogP contribution >= 0.6 is 0 Å². The molecule has 0 spiro atoms. The van der Waals surface area contributed by atoms with E-state index in [0.717, 1.165) is 0 Å². The molecule has 20 heavy (non-hydrogen) atoms. The second kappa shape index (κ2) is 5.25. The highest BCUT2D eigenvalue weighted by Gasteiger charge is 2.51. The van der Waals surface area contributed by atoms with Crippen molar-refractivity contribution in [3.8, 4) is 0 Å². The molecule has 2 aliphatic rings. The molecule has 0 amide bonds. The average molecular weight is 276 g/mol. The van der Waals surface area contributed by atoms with Crippen LogP contribution in [0.15, 0.2) is 30.3 Å². The van der Waals surface area contributed by atoms with Crippen molar-refractivity contribution in [1.29, 1.82) is 0 Å². The minimum Gasteiger partial charge on any atom is -0.462 e. The number of aliphatic hydroxyl groups is 1. The summed E-state index contributed by atoms with van der Waals surface area (Å²) in [5.74, 6) is -0.896. The number of fused-ring (bicyclic) bond motifs is 1. The molecule has 1 saturated heterocycles. The van der Waals surface area contributed by atoms with Crippen LogP contribution in [0.5, 0.6) is 0 Å². The van der Waals surface area contributed by atoms with E-state index in [1.165, 1.54) is 0 Å². The maximum absolute atomic E-state index is 12.0. The van der Waals surface area contributed by atoms with Crippen LogP contribution in [0.2, 0.25) is 0 Å². The summed E-state index contributed by atoms with van der Waals surface area (Å²) >= 11 is 0. The minimum atomic E-state index is -0.402. The van der Waals surface area contributed by atoms with Gasteiger partial charge in [0.25, 0.3) is 0 Å². The summed E-state index contributed by atoms with van der Waals surface area (Å²) in [6.45, 7) is -0.107. The lowest BCUT2D eigenvalue weighted by molar-refractivity contribution is -0.141. The summed E-state index contributed by atoms with van der Waals surface area (Å²) in [6, 6.07) is 8.74. The van der Waals surface area contributed by atoms with Crippen LogP contribution in [0.3, 0.4) is 0 Å². The second-order valence-electron chi connectivity index (χ2n) is 5.29. The first kappa shape index (κ1) is 13.1. The minimum absolute atomic E-state index is 0.0407. The Labute approximate surface area is 116 Å². The van der Waals surface area contributed by atoms with E-state index in [0.29, 0.717) is 18.4 Å². The molecule has 3 rings (SSSR count). The van der Waals surface area contributed by atoms with E-state index in [1.54, 1.807) is 24.3 Å². The Balaban J connectivity index is 1.69. The second-order valence-corrected chi connectivity index (χ2v) is 5.29. The Morgan fingerprint density at radius 3 is 2.80 bits per heavy atom. The van der Waals surface area contributed by atoms with Crippen molar-refractivity contribution in [2.75, 3.05) is 6.61 Å². The molecule has 0 aromatic heterocycles. The molecule has 2 fully saturated rings. The molecule has 0 unspecified atom stereocenters. The Kier molecular flexibility index (Phi) is 3.44. The molecule has 0 bridgehead atoms. The van der Waals surface area contributed by atoms with Gasteiger partial charge in [-0.25, -0.2) is 4.79 Å². The predicted octanol–water partition coefficient (Wildman–Crippen LogP) is 1.16. The van der Waals surface area contributed by atoms with Crippen LogP contribution in [-0.4, -0.2) is 35.9 Å². The third-order valence-electron chi connectivity index (χ3n) is 4.13. The molecular weight excluding hydrogens is 260 g/mol. The van der Waals surface area contributed by atoms with E-state index in [1.807, 2.05) is 6.07 Å². The van der Waals surface area contributed by atoms with E-state index in [9.17, 15) is 14.7 Å². The number of hydrogen-bond acceptors (Lipinski definition) is 5. The summed E-state index contributed by atoms with van der Waals surface area (Å²) < 4.78 is 10.7. The van der Waals surface area contributed by atoms with Gasteiger partial charge in [0, 0.05) is 24.9 Å². The zero-order chi connectivity index (χ0) is 14.1. The number of aliphatic hydroxyl groups excluding tert-OH is 1. The molecule has 5 heteroatoms. The van der Waals surface area contributed by atoms with Gasteiger partial charge >= 0.3 is 11.9 Å². The van der Waals surface area contributed by atoms with Gasteiger partial charge in [0.05, 0.1) is 12.0 Å². The van der Waals surface area contributed by atoms with Gasteiger partial charge in [0.2, 0.25) is 0 Å². The topological polar surface area (TPSA) is 72.8 Å². The Hall–Kier alpha value is -1.88. The number of ether oxygens (including phenoxy) is 2. The van der Waals surface area contributed by atoms with Gasteiger partial charge in [0.1, 0.15) is 12.2 Å². The van der Waals surface area contributed by atoms with Crippen molar-refractivity contribution in [3.63, 3.8) is 0 Å². The lowest BCUT2D eigenvalue weighted by atomic mass is 9.93. The van der Waals surface area contributed by atoms with Crippen molar-refractivity contribution in [3.05, 3.63) is 35.9 Å². The summed E-state index contributed by atoms with van der Waals surface area (Å²) in [6.07, 6.45) is 0.152. The van der Waals surface area contributed by atoms with Crippen LogP contribution in [0.4, 0.5) is 0 Å². The fourth-order valence-electron chi connectivity index (χ4n) is 3.13. The maximum atomic E-state index is 12.0. The molecule has 1 aliphatic carbocycles. The summed E-state index contributed by atoms with van der Waals surface area (Å²) in [5, 5.41) is 9.50. The quantitative estimate of drug-likeness (QED) is 0.839. The van der Waals surface area contributed by atoms with Gasteiger partial charge in [-0.1, -0.05) is 18.2 Å². The molecule has 1 aliphatic heterocycles. The molecule has 1 N–H and O–H groups in total. The molecule has 1 aromatic rings. The lowest BCUT2D eigenvalue weighted by Crippen LogP contribution is -2.28. The first-order valence-electron chi connectivity index (χ1n) is 6.75. The molecular formula is C15H16O5. The first-order chi connectivity index (χ1) is 9.69. The number of hydrogen-bond donors (Lipinski definition) is 1. The van der Waals surface area contributed by atoms with Crippen LogP contribution in [0.25, 0.3) is 0 Å². The number of carbonyl (C=O) groups excluding carboxylic acids is 2. The predicted molar refractivity (Wildman–Crippen MR) is 68.8 cm³/mol. The third-order valence-corrected chi connectivity index (χ3v) is 4.13. The fraction of sp³-hybridized carbons (Fsp3) is 0.467. The lowest BCUT2D eigenvalue weighted by Gasteiger charge is -2.20. The summed E-state index contributed by atoms with van der Waals surface area (Å²) in [4.78, 5) is 23.3. The first-order valence-corrected chi connectivity index (χ1v) is 6.75. The van der Waals surface area contributed by atoms with Gasteiger partial charge in [-0.15, -0.1) is 0 Å². The van der Waals surface area contributed by atoms with Crippen LogP contribution < -0.4 is 0 Å². The smallest absolute Gasteiger partial charge is 0.338 e. The number of rotatable bonds is 3. The molecule has 1 aromatic carbocycles. The van der Waals surface area contributed by atoms with Gasteiger partial charge in [-0.3, -0.25) is 4.79 Å². The van der Waals surface area contributed by atoms with Crippen molar-refractivity contribution < 1.29 is 24.2 Å². The highest BCUT2D eigenvalue weighted by atomic mass is 16.6.